The predicted octanol–water partition coefficient (Wildman–Crippen LogP) is 2.39. The lowest BCUT2D eigenvalue weighted by Crippen LogP contribution is -1.91. The number of rotatable bonds is 1. The third-order valence-corrected chi connectivity index (χ3v) is 1.29. The zero-order valence-electron chi connectivity index (χ0n) is 5.39. The minimum absolute atomic E-state index is 0.916. The molecule has 0 aliphatic heterocycles. The van der Waals surface area contributed by atoms with E-state index in [0.29, 0.717) is 0 Å². The first-order valence-corrected chi connectivity index (χ1v) is 3.11. The van der Waals surface area contributed by atoms with Crippen LogP contribution in [0.5, 0.6) is 0 Å². The van der Waals surface area contributed by atoms with Crippen LogP contribution in [0.15, 0.2) is 29.5 Å². The Morgan fingerprint density at radius 3 is 3.00 bits per heavy atom. The molecule has 0 radical (unpaired) electrons. The summed E-state index contributed by atoms with van der Waals surface area (Å²) in [6.07, 6.45) is 4.78. The maximum absolute atomic E-state index is 12.3. The fourth-order valence-electron chi connectivity index (χ4n) is 0.718. The van der Waals surface area contributed by atoms with Gasteiger partial charge in [0.05, 0.1) is 0 Å². The van der Waals surface area contributed by atoms with Crippen molar-refractivity contribution in [2.75, 3.05) is 0 Å². The summed E-state index contributed by atoms with van der Waals surface area (Å²) < 4.78 is 12.3. The van der Waals surface area contributed by atoms with Gasteiger partial charge >= 0.3 is 0 Å². The van der Waals surface area contributed by atoms with Gasteiger partial charge in [0.15, 0.2) is 0 Å². The van der Waals surface area contributed by atoms with Crippen LogP contribution in [0.4, 0.5) is 4.39 Å². The van der Waals surface area contributed by atoms with Gasteiger partial charge in [-0.15, -0.1) is 5.73 Å². The molecule has 0 saturated heterocycles. The summed E-state index contributed by atoms with van der Waals surface area (Å²) in [4.78, 5) is 0. The van der Waals surface area contributed by atoms with Crippen molar-refractivity contribution in [3.05, 3.63) is 29.5 Å². The first-order chi connectivity index (χ1) is 4.33. The van der Waals surface area contributed by atoms with Crippen molar-refractivity contribution in [3.8, 4) is 0 Å². The summed E-state index contributed by atoms with van der Waals surface area (Å²) in [6, 6.07) is 0. The molecule has 0 N–H and O–H groups in total. The molecule has 1 aliphatic rings. The molecule has 1 rings (SSSR count). The van der Waals surface area contributed by atoms with Gasteiger partial charge in [0, 0.05) is 0 Å². The zero-order valence-corrected chi connectivity index (χ0v) is 5.39. The predicted molar refractivity (Wildman–Crippen MR) is 35.9 cm³/mol. The average molecular weight is 124 g/mol. The van der Waals surface area contributed by atoms with Gasteiger partial charge in [-0.25, -0.2) is 4.39 Å². The Hall–Kier alpha value is -0.810. The molecule has 1 aliphatic carbocycles. The average Bonchev–Trinajstić information content (AvgIpc) is 1.90. The Labute approximate surface area is 54.4 Å². The molecular weight excluding hydrogens is 115 g/mol. The number of allylic oxidation sites excluding steroid dienone is 3. The molecule has 0 spiro atoms. The Bertz CT molecular complexity index is 183. The van der Waals surface area contributed by atoms with Crippen LogP contribution in [-0.4, -0.2) is 6.17 Å². The lowest BCUT2D eigenvalue weighted by Gasteiger charge is -1.98. The lowest BCUT2D eigenvalue weighted by atomic mass is 10.1. The minimum atomic E-state index is -0.916. The number of hydrogen-bond donors (Lipinski definition) is 0. The molecular formula is C8H9F. The third kappa shape index (κ3) is 1.55. The van der Waals surface area contributed by atoms with Gasteiger partial charge in [-0.3, -0.25) is 0 Å². The maximum atomic E-state index is 12.3. The van der Waals surface area contributed by atoms with Gasteiger partial charge in [0.2, 0.25) is 0 Å². The number of hydrogen-bond acceptors (Lipinski definition) is 0. The van der Waals surface area contributed by atoms with Crippen LogP contribution in [0, 0.1) is 0 Å². The summed E-state index contributed by atoms with van der Waals surface area (Å²) in [5.74, 6) is 0. The van der Waals surface area contributed by atoms with Crippen LogP contribution < -0.4 is 0 Å². The van der Waals surface area contributed by atoms with Crippen LogP contribution in [0.1, 0.15) is 13.3 Å². The van der Waals surface area contributed by atoms with Crippen molar-refractivity contribution in [2.24, 2.45) is 0 Å². The molecule has 1 heteroatoms. The Kier molecular flexibility index (Phi) is 1.86. The van der Waals surface area contributed by atoms with Crippen LogP contribution in [0.2, 0.25) is 0 Å². The van der Waals surface area contributed by atoms with Gasteiger partial charge in [-0.05, 0) is 24.1 Å². The molecule has 1 atom stereocenters. The van der Waals surface area contributed by atoms with Crippen LogP contribution in [0.25, 0.3) is 0 Å². The molecule has 0 aromatic heterocycles. The van der Waals surface area contributed by atoms with Crippen molar-refractivity contribution in [1.29, 1.82) is 0 Å². The van der Waals surface area contributed by atoms with Gasteiger partial charge in [0.25, 0.3) is 0 Å². The molecule has 1 unspecified atom stereocenters. The fraction of sp³-hybridized carbons (Fsp3) is 0.375. The Morgan fingerprint density at radius 2 is 2.56 bits per heavy atom. The van der Waals surface area contributed by atoms with Crippen LogP contribution in [-0.2, 0) is 0 Å². The highest BCUT2D eigenvalue weighted by Crippen LogP contribution is 2.08. The van der Waals surface area contributed by atoms with Crippen molar-refractivity contribution in [1.82, 2.24) is 0 Å². The second-order valence-corrected chi connectivity index (χ2v) is 1.99. The zero-order chi connectivity index (χ0) is 6.69. The van der Waals surface area contributed by atoms with Crippen molar-refractivity contribution >= 4 is 0 Å². The quantitative estimate of drug-likeness (QED) is 0.471. The highest BCUT2D eigenvalue weighted by molar-refractivity contribution is 5.25. The molecule has 0 nitrogen and oxygen atoms in total. The summed E-state index contributed by atoms with van der Waals surface area (Å²) in [5, 5.41) is 0. The van der Waals surface area contributed by atoms with Crippen molar-refractivity contribution in [2.45, 2.75) is 19.5 Å². The first-order valence-electron chi connectivity index (χ1n) is 3.11. The molecule has 0 aromatic rings. The Balaban J connectivity index is 2.77. The van der Waals surface area contributed by atoms with E-state index in [2.05, 4.69) is 5.73 Å². The summed E-state index contributed by atoms with van der Waals surface area (Å²) in [5.41, 5.74) is 3.92. The smallest absolute Gasteiger partial charge is 0.144 e. The van der Waals surface area contributed by atoms with E-state index in [1.165, 1.54) is 12.2 Å². The molecule has 0 aromatic carbocycles. The van der Waals surface area contributed by atoms with E-state index in [9.17, 15) is 4.39 Å². The standard InChI is InChI=1S/C8H9F/c1-2-7-3-5-8(9)6-4-7/h3,5-6,8H,2H2,1H3. The summed E-state index contributed by atoms with van der Waals surface area (Å²) >= 11 is 0. The largest absolute Gasteiger partial charge is 0.238 e. The molecule has 0 heterocycles. The van der Waals surface area contributed by atoms with Gasteiger partial charge < -0.3 is 0 Å². The topological polar surface area (TPSA) is 0 Å². The first kappa shape index (κ1) is 6.31. The number of halogens is 1. The SMILES string of the molecule is CCC1=C=CC(F)C=C1. The van der Waals surface area contributed by atoms with Crippen LogP contribution in [0.3, 0.4) is 0 Å². The molecule has 9 heavy (non-hydrogen) atoms. The summed E-state index contributed by atoms with van der Waals surface area (Å²) in [6.45, 7) is 2.03. The van der Waals surface area contributed by atoms with Gasteiger partial charge in [0.1, 0.15) is 6.17 Å². The van der Waals surface area contributed by atoms with E-state index in [1.807, 2.05) is 6.92 Å². The second-order valence-electron chi connectivity index (χ2n) is 1.99. The maximum Gasteiger partial charge on any atom is 0.144 e. The van der Waals surface area contributed by atoms with E-state index in [0.717, 1.165) is 12.0 Å². The fourth-order valence-corrected chi connectivity index (χ4v) is 0.718. The minimum Gasteiger partial charge on any atom is -0.238 e. The molecule has 0 amide bonds. The highest BCUT2D eigenvalue weighted by Gasteiger charge is 1.98. The van der Waals surface area contributed by atoms with Crippen molar-refractivity contribution < 1.29 is 4.39 Å². The van der Waals surface area contributed by atoms with E-state index in [1.54, 1.807) is 6.08 Å². The van der Waals surface area contributed by atoms with E-state index in [4.69, 9.17) is 0 Å². The Morgan fingerprint density at radius 1 is 1.78 bits per heavy atom. The molecule has 0 bridgehead atoms. The van der Waals surface area contributed by atoms with Gasteiger partial charge in [-0.1, -0.05) is 13.0 Å². The second kappa shape index (κ2) is 2.65. The summed E-state index contributed by atoms with van der Waals surface area (Å²) in [7, 11) is 0. The van der Waals surface area contributed by atoms with Gasteiger partial charge in [-0.2, -0.15) is 0 Å². The van der Waals surface area contributed by atoms with E-state index < -0.39 is 6.17 Å². The van der Waals surface area contributed by atoms with Crippen LogP contribution >= 0.6 is 0 Å². The molecule has 0 fully saturated rings. The van der Waals surface area contributed by atoms with E-state index in [-0.39, 0.29) is 0 Å². The van der Waals surface area contributed by atoms with Crippen molar-refractivity contribution in [3.63, 3.8) is 0 Å². The van der Waals surface area contributed by atoms with E-state index >= 15 is 0 Å². The highest BCUT2D eigenvalue weighted by atomic mass is 19.1. The monoisotopic (exact) mass is 124 g/mol. The third-order valence-electron chi connectivity index (χ3n) is 1.29. The number of alkyl halides is 1. The lowest BCUT2D eigenvalue weighted by molar-refractivity contribution is 0.468. The molecule has 0 saturated carbocycles. The molecule has 48 valence electrons. The normalized spacial score (nSPS) is 24.2.